The molecule has 0 radical (unpaired) electrons. The molecular formula is C15H21N3. The van der Waals surface area contributed by atoms with E-state index < -0.39 is 0 Å². The van der Waals surface area contributed by atoms with Crippen LogP contribution in [0.25, 0.3) is 11.0 Å². The largest absolute Gasteiger partial charge is 0.329 e. The maximum Gasteiger partial charge on any atom is 0.143 e. The lowest BCUT2D eigenvalue weighted by Gasteiger charge is -2.22. The van der Waals surface area contributed by atoms with Crippen molar-refractivity contribution in [3.63, 3.8) is 0 Å². The second-order valence-electron chi connectivity index (χ2n) is 5.98. The van der Waals surface area contributed by atoms with Gasteiger partial charge >= 0.3 is 0 Å². The van der Waals surface area contributed by atoms with Crippen LogP contribution in [0.15, 0.2) is 18.6 Å². The van der Waals surface area contributed by atoms with E-state index in [9.17, 15) is 0 Å². The van der Waals surface area contributed by atoms with Gasteiger partial charge in [-0.1, -0.05) is 20.3 Å². The van der Waals surface area contributed by atoms with Gasteiger partial charge in [-0.3, -0.25) is 0 Å². The molecule has 3 heteroatoms. The molecule has 0 N–H and O–H groups in total. The molecule has 0 bridgehead atoms. The number of fused-ring (bicyclic) bond motifs is 1. The zero-order chi connectivity index (χ0) is 12.8. The summed E-state index contributed by atoms with van der Waals surface area (Å²) in [7, 11) is 0. The van der Waals surface area contributed by atoms with Crippen molar-refractivity contribution in [1.82, 2.24) is 14.5 Å². The van der Waals surface area contributed by atoms with E-state index in [1.165, 1.54) is 31.1 Å². The summed E-state index contributed by atoms with van der Waals surface area (Å²) in [6.07, 6.45) is 9.03. The molecule has 0 saturated heterocycles. The van der Waals surface area contributed by atoms with Crippen molar-refractivity contribution < 1.29 is 0 Å². The summed E-state index contributed by atoms with van der Waals surface area (Å²) in [4.78, 5) is 8.74. The minimum absolute atomic E-state index is 0.517. The maximum absolute atomic E-state index is 4.47. The van der Waals surface area contributed by atoms with Gasteiger partial charge in [0.15, 0.2) is 0 Å². The van der Waals surface area contributed by atoms with E-state index in [1.54, 1.807) is 6.33 Å². The first-order chi connectivity index (χ1) is 8.63. The number of hydrogen-bond donors (Lipinski definition) is 0. The van der Waals surface area contributed by atoms with Crippen LogP contribution in [0.4, 0.5) is 0 Å². The summed E-state index contributed by atoms with van der Waals surface area (Å²) in [5, 5.41) is 1.20. The van der Waals surface area contributed by atoms with Gasteiger partial charge in [0.2, 0.25) is 0 Å². The smallest absolute Gasteiger partial charge is 0.143 e. The molecule has 1 aliphatic carbocycles. The molecule has 0 spiro atoms. The fourth-order valence-corrected chi connectivity index (χ4v) is 3.24. The normalized spacial score (nSPS) is 28.1. The van der Waals surface area contributed by atoms with Crippen LogP contribution in [0.3, 0.4) is 0 Å². The van der Waals surface area contributed by atoms with E-state index in [4.69, 9.17) is 0 Å². The van der Waals surface area contributed by atoms with Crippen LogP contribution in [0.2, 0.25) is 0 Å². The average molecular weight is 243 g/mol. The number of aryl methyl sites for hydroxylation is 1. The minimum Gasteiger partial charge on any atom is -0.329 e. The monoisotopic (exact) mass is 243 g/mol. The highest BCUT2D eigenvalue weighted by Gasteiger charge is 2.34. The van der Waals surface area contributed by atoms with Crippen molar-refractivity contribution in [3.05, 3.63) is 24.3 Å². The van der Waals surface area contributed by atoms with Crippen LogP contribution >= 0.6 is 0 Å². The fraction of sp³-hybridized carbons (Fsp3) is 0.600. The van der Waals surface area contributed by atoms with Crippen molar-refractivity contribution in [1.29, 1.82) is 0 Å². The third-order valence-corrected chi connectivity index (χ3v) is 4.76. The third-order valence-electron chi connectivity index (χ3n) is 4.76. The molecule has 1 saturated carbocycles. The van der Waals surface area contributed by atoms with Crippen LogP contribution in [0.1, 0.15) is 51.3 Å². The van der Waals surface area contributed by atoms with Gasteiger partial charge in [0.05, 0.1) is 5.69 Å². The molecule has 96 valence electrons. The Labute approximate surface area is 108 Å². The van der Waals surface area contributed by atoms with Crippen molar-refractivity contribution in [2.45, 2.75) is 52.5 Å². The third kappa shape index (κ3) is 1.73. The molecule has 0 aliphatic heterocycles. The quantitative estimate of drug-likeness (QED) is 0.801. The molecule has 2 atom stereocenters. The van der Waals surface area contributed by atoms with Crippen molar-refractivity contribution in [2.75, 3.05) is 0 Å². The van der Waals surface area contributed by atoms with Gasteiger partial charge in [-0.25, -0.2) is 9.97 Å². The highest BCUT2D eigenvalue weighted by molar-refractivity contribution is 5.78. The molecule has 0 amide bonds. The Hall–Kier alpha value is -1.38. The van der Waals surface area contributed by atoms with E-state index in [0.717, 1.165) is 11.3 Å². The Kier molecular flexibility index (Phi) is 2.65. The van der Waals surface area contributed by atoms with Crippen LogP contribution < -0.4 is 0 Å². The van der Waals surface area contributed by atoms with Crippen molar-refractivity contribution in [3.8, 4) is 0 Å². The maximum atomic E-state index is 4.47. The number of hydrogen-bond acceptors (Lipinski definition) is 2. The molecule has 3 rings (SSSR count). The summed E-state index contributed by atoms with van der Waals surface area (Å²) in [6.45, 7) is 6.78. The summed E-state index contributed by atoms with van der Waals surface area (Å²) in [5.41, 5.74) is 2.70. The predicted molar refractivity (Wildman–Crippen MR) is 73.6 cm³/mol. The molecule has 2 heterocycles. The Morgan fingerprint density at radius 3 is 3.00 bits per heavy atom. The number of nitrogens with zero attached hydrogens (tertiary/aromatic N) is 3. The summed E-state index contributed by atoms with van der Waals surface area (Å²) in [6, 6.07) is 2.77. The second kappa shape index (κ2) is 4.08. The molecule has 2 aromatic heterocycles. The van der Waals surface area contributed by atoms with Gasteiger partial charge in [0.25, 0.3) is 0 Å². The topological polar surface area (TPSA) is 30.7 Å². The Morgan fingerprint density at radius 2 is 2.28 bits per heavy atom. The molecule has 18 heavy (non-hydrogen) atoms. The van der Waals surface area contributed by atoms with Gasteiger partial charge in [0, 0.05) is 17.6 Å². The molecule has 1 fully saturated rings. The first kappa shape index (κ1) is 11.7. The fourth-order valence-electron chi connectivity index (χ4n) is 3.24. The van der Waals surface area contributed by atoms with Crippen LogP contribution in [0, 0.1) is 12.3 Å². The van der Waals surface area contributed by atoms with Crippen LogP contribution in [-0.4, -0.2) is 14.5 Å². The number of rotatable bonds is 2. The van der Waals surface area contributed by atoms with Crippen LogP contribution in [-0.2, 0) is 0 Å². The van der Waals surface area contributed by atoms with Crippen LogP contribution in [0.5, 0.6) is 0 Å². The van der Waals surface area contributed by atoms with E-state index in [0.29, 0.717) is 11.5 Å². The highest BCUT2D eigenvalue weighted by atomic mass is 15.1. The number of aromatic nitrogens is 3. The summed E-state index contributed by atoms with van der Waals surface area (Å²) < 4.78 is 2.37. The van der Waals surface area contributed by atoms with Crippen molar-refractivity contribution >= 4 is 11.0 Å². The first-order valence-electron chi connectivity index (χ1n) is 6.91. The summed E-state index contributed by atoms with van der Waals surface area (Å²) >= 11 is 0. The Balaban J connectivity index is 1.99. The van der Waals surface area contributed by atoms with Gasteiger partial charge in [0.1, 0.15) is 12.0 Å². The van der Waals surface area contributed by atoms with E-state index in [-0.39, 0.29) is 0 Å². The van der Waals surface area contributed by atoms with E-state index in [2.05, 4.69) is 47.6 Å². The average Bonchev–Trinajstić information content (AvgIpc) is 2.94. The molecule has 3 nitrogen and oxygen atoms in total. The molecule has 0 aromatic carbocycles. The molecule has 2 aromatic rings. The Bertz CT molecular complexity index is 572. The van der Waals surface area contributed by atoms with Gasteiger partial charge in [-0.2, -0.15) is 0 Å². The predicted octanol–water partition coefficient (Wildman–Crippen LogP) is 3.88. The van der Waals surface area contributed by atoms with E-state index >= 15 is 0 Å². The Morgan fingerprint density at radius 1 is 1.44 bits per heavy atom. The zero-order valence-electron chi connectivity index (χ0n) is 11.5. The standard InChI is InChI=1S/C15H21N3/c1-4-15(3)7-5-12(9-15)18-8-6-13-11(2)16-10-17-14(13)18/h6,8,10,12H,4-5,7,9H2,1-3H3. The molecular weight excluding hydrogens is 222 g/mol. The van der Waals surface area contributed by atoms with Gasteiger partial charge < -0.3 is 4.57 Å². The SMILES string of the molecule is CCC1(C)CCC(n2ccc3c(C)ncnc32)C1. The zero-order valence-corrected chi connectivity index (χ0v) is 11.5. The lowest BCUT2D eigenvalue weighted by atomic mass is 9.86. The lowest BCUT2D eigenvalue weighted by molar-refractivity contribution is 0.308. The van der Waals surface area contributed by atoms with Gasteiger partial charge in [-0.05, 0) is 37.7 Å². The lowest BCUT2D eigenvalue weighted by Crippen LogP contribution is -2.11. The first-order valence-corrected chi connectivity index (χ1v) is 6.91. The molecule has 2 unspecified atom stereocenters. The summed E-state index contributed by atoms with van der Waals surface area (Å²) in [5.74, 6) is 0. The minimum atomic E-state index is 0.517. The highest BCUT2D eigenvalue weighted by Crippen LogP contribution is 2.46. The second-order valence-corrected chi connectivity index (χ2v) is 5.98. The van der Waals surface area contributed by atoms with E-state index in [1.807, 2.05) is 0 Å². The van der Waals surface area contributed by atoms with Crippen molar-refractivity contribution in [2.24, 2.45) is 5.41 Å². The van der Waals surface area contributed by atoms with Gasteiger partial charge in [-0.15, -0.1) is 0 Å². The molecule has 1 aliphatic rings.